The summed E-state index contributed by atoms with van der Waals surface area (Å²) in [6.45, 7) is 11.8. The zero-order chi connectivity index (χ0) is 27.4. The molecule has 1 saturated heterocycles. The van der Waals surface area contributed by atoms with E-state index >= 15 is 0 Å². The lowest BCUT2D eigenvalue weighted by Gasteiger charge is -2.26. The Labute approximate surface area is 233 Å². The van der Waals surface area contributed by atoms with Gasteiger partial charge in [-0.1, -0.05) is 11.6 Å². The number of hydrogen-bond donors (Lipinski definition) is 3. The first-order valence-electron chi connectivity index (χ1n) is 13.2. The number of aromatic nitrogens is 5. The van der Waals surface area contributed by atoms with Crippen LogP contribution in [-0.4, -0.2) is 86.0 Å². The molecule has 1 fully saturated rings. The van der Waals surface area contributed by atoms with Crippen LogP contribution in [0.2, 0.25) is 5.02 Å². The maximum absolute atomic E-state index is 10.2. The minimum absolute atomic E-state index is 0.307. The molecule has 0 amide bonds. The maximum Gasteiger partial charge on any atom is 0.166 e. The Balaban J connectivity index is 1.46. The third kappa shape index (κ3) is 6.83. The molecular formula is C28H35ClN8O2. The summed E-state index contributed by atoms with van der Waals surface area (Å²) in [6, 6.07) is 9.70. The molecule has 0 saturated carbocycles. The van der Waals surface area contributed by atoms with E-state index in [1.807, 2.05) is 41.8 Å². The number of anilines is 1. The summed E-state index contributed by atoms with van der Waals surface area (Å²) in [5, 5.41) is 17.3. The molecule has 3 N–H and O–H groups in total. The summed E-state index contributed by atoms with van der Waals surface area (Å²) >= 11 is 6.83. The molecule has 0 radical (unpaired) electrons. The molecule has 1 aliphatic rings. The largest absolute Gasteiger partial charge is 0.492 e. The van der Waals surface area contributed by atoms with Crippen LogP contribution >= 0.6 is 11.6 Å². The average Bonchev–Trinajstić information content (AvgIpc) is 3.26. The van der Waals surface area contributed by atoms with Crippen LogP contribution in [0.15, 0.2) is 42.9 Å². The van der Waals surface area contributed by atoms with E-state index in [4.69, 9.17) is 21.3 Å². The van der Waals surface area contributed by atoms with Crippen molar-refractivity contribution >= 4 is 28.6 Å². The van der Waals surface area contributed by atoms with Crippen molar-refractivity contribution in [2.75, 3.05) is 51.2 Å². The first-order chi connectivity index (χ1) is 18.8. The topological polar surface area (TPSA) is 113 Å². The highest BCUT2D eigenvalue weighted by atomic mass is 35.5. The molecule has 0 spiro atoms. The van der Waals surface area contributed by atoms with Crippen molar-refractivity contribution in [3.63, 3.8) is 0 Å². The molecule has 0 atom stereocenters. The molecule has 206 valence electrons. The third-order valence-electron chi connectivity index (χ3n) is 6.58. The van der Waals surface area contributed by atoms with Gasteiger partial charge in [-0.15, -0.1) is 0 Å². The number of fused-ring (bicyclic) bond motifs is 1. The summed E-state index contributed by atoms with van der Waals surface area (Å²) < 4.78 is 8.02. The van der Waals surface area contributed by atoms with Gasteiger partial charge in [0, 0.05) is 51.0 Å². The number of rotatable bonds is 10. The monoisotopic (exact) mass is 550 g/mol. The van der Waals surface area contributed by atoms with E-state index in [-0.39, 0.29) is 0 Å². The number of ether oxygens (including phenoxy) is 1. The number of imidazole rings is 1. The van der Waals surface area contributed by atoms with Gasteiger partial charge < -0.3 is 25.0 Å². The Bertz CT molecular complexity index is 1430. The molecule has 1 aliphatic heterocycles. The van der Waals surface area contributed by atoms with Crippen LogP contribution in [0.4, 0.5) is 5.82 Å². The third-order valence-corrected chi connectivity index (χ3v) is 6.89. The Morgan fingerprint density at radius 3 is 2.69 bits per heavy atom. The fourth-order valence-electron chi connectivity index (χ4n) is 4.56. The van der Waals surface area contributed by atoms with E-state index in [1.165, 1.54) is 6.33 Å². The summed E-state index contributed by atoms with van der Waals surface area (Å²) in [5.41, 5.74) is 3.08. The molecule has 0 unspecified atom stereocenters. The van der Waals surface area contributed by atoms with Gasteiger partial charge in [0.1, 0.15) is 24.5 Å². The predicted octanol–water partition coefficient (Wildman–Crippen LogP) is 3.37. The van der Waals surface area contributed by atoms with Crippen molar-refractivity contribution in [1.82, 2.24) is 34.7 Å². The lowest BCUT2D eigenvalue weighted by Crippen LogP contribution is -2.44. The van der Waals surface area contributed by atoms with Crippen molar-refractivity contribution in [2.24, 2.45) is 0 Å². The van der Waals surface area contributed by atoms with Crippen LogP contribution in [0.25, 0.3) is 22.6 Å². The fraction of sp³-hybridized carbons (Fsp3) is 0.429. The van der Waals surface area contributed by atoms with E-state index < -0.39 is 5.60 Å². The Morgan fingerprint density at radius 2 is 1.95 bits per heavy atom. The highest BCUT2D eigenvalue weighted by molar-refractivity contribution is 6.33. The molecule has 4 aromatic rings. The zero-order valence-corrected chi connectivity index (χ0v) is 23.4. The van der Waals surface area contributed by atoms with Crippen molar-refractivity contribution in [3.8, 4) is 17.1 Å². The quantitative estimate of drug-likeness (QED) is 0.273. The van der Waals surface area contributed by atoms with Gasteiger partial charge >= 0.3 is 0 Å². The Morgan fingerprint density at radius 1 is 1.13 bits per heavy atom. The molecule has 39 heavy (non-hydrogen) atoms. The number of nitrogens with one attached hydrogen (secondary N) is 2. The number of hydrogen-bond acceptors (Lipinski definition) is 9. The van der Waals surface area contributed by atoms with Crippen molar-refractivity contribution < 1.29 is 9.84 Å². The van der Waals surface area contributed by atoms with Crippen molar-refractivity contribution in [1.29, 1.82) is 0 Å². The molecule has 5 rings (SSSR count). The maximum atomic E-state index is 10.2. The van der Waals surface area contributed by atoms with Gasteiger partial charge in [0.25, 0.3) is 0 Å². The normalized spacial score (nSPS) is 14.6. The summed E-state index contributed by atoms with van der Waals surface area (Å²) in [6.07, 6.45) is 3.30. The van der Waals surface area contributed by atoms with Gasteiger partial charge in [0.2, 0.25) is 0 Å². The smallest absolute Gasteiger partial charge is 0.166 e. The molecule has 1 aromatic carbocycles. The van der Waals surface area contributed by atoms with Gasteiger partial charge in [-0.05, 0) is 56.7 Å². The van der Waals surface area contributed by atoms with Crippen LogP contribution in [0.1, 0.15) is 25.1 Å². The Kier molecular flexibility index (Phi) is 8.27. The molecule has 3 aromatic heterocycles. The lowest BCUT2D eigenvalue weighted by molar-refractivity contribution is 0.0944. The van der Waals surface area contributed by atoms with Crippen LogP contribution < -0.4 is 15.4 Å². The fourth-order valence-corrected chi connectivity index (χ4v) is 4.82. The summed E-state index contributed by atoms with van der Waals surface area (Å²) in [4.78, 5) is 20.9. The number of aryl methyl sites for hydroxylation is 1. The van der Waals surface area contributed by atoms with E-state index in [9.17, 15) is 5.11 Å². The first-order valence-corrected chi connectivity index (χ1v) is 13.6. The molecule has 4 heterocycles. The number of pyridine rings is 1. The standard InChI is InChI=1S/C28H35ClN8O2/c1-19-6-7-31-20(14-19)16-37-26(35-24-25(32-17-28(2,3)38)33-18-34-27(24)37)22-5-4-21(15-23(22)29)39-13-12-36-10-8-30-9-11-36/h4-7,14-15,18,30,38H,8-13,16-17H2,1-3H3,(H,32,33,34). The lowest BCUT2D eigenvalue weighted by atomic mass is 10.1. The number of nitrogens with zero attached hydrogens (tertiary/aromatic N) is 6. The highest BCUT2D eigenvalue weighted by Crippen LogP contribution is 2.34. The van der Waals surface area contributed by atoms with Gasteiger partial charge in [0.05, 0.1) is 22.9 Å². The summed E-state index contributed by atoms with van der Waals surface area (Å²) in [7, 11) is 0. The molecule has 10 nitrogen and oxygen atoms in total. The van der Waals surface area contributed by atoms with Crippen LogP contribution in [-0.2, 0) is 6.54 Å². The van der Waals surface area contributed by atoms with E-state index in [0.717, 1.165) is 49.5 Å². The predicted molar refractivity (Wildman–Crippen MR) is 153 cm³/mol. The second kappa shape index (κ2) is 11.8. The molecule has 11 heteroatoms. The van der Waals surface area contributed by atoms with Gasteiger partial charge in [-0.3, -0.25) is 9.88 Å². The number of aliphatic hydroxyl groups is 1. The minimum atomic E-state index is -0.918. The number of piperazine rings is 1. The van der Waals surface area contributed by atoms with Gasteiger partial charge in [-0.25, -0.2) is 15.0 Å². The second-order valence-corrected chi connectivity index (χ2v) is 10.9. The van der Waals surface area contributed by atoms with E-state index in [0.29, 0.717) is 53.3 Å². The van der Waals surface area contributed by atoms with Crippen LogP contribution in [0.3, 0.4) is 0 Å². The van der Waals surface area contributed by atoms with Gasteiger partial charge in [-0.2, -0.15) is 0 Å². The molecule has 0 aliphatic carbocycles. The highest BCUT2D eigenvalue weighted by Gasteiger charge is 2.21. The Hall–Kier alpha value is -3.31. The second-order valence-electron chi connectivity index (χ2n) is 10.5. The molecular weight excluding hydrogens is 516 g/mol. The van der Waals surface area contributed by atoms with Crippen LogP contribution in [0.5, 0.6) is 5.75 Å². The van der Waals surface area contributed by atoms with E-state index in [1.54, 1.807) is 20.0 Å². The molecule has 0 bridgehead atoms. The van der Waals surface area contributed by atoms with E-state index in [2.05, 4.69) is 30.5 Å². The first kappa shape index (κ1) is 27.3. The number of halogens is 1. The van der Waals surface area contributed by atoms with Gasteiger partial charge in [0.15, 0.2) is 17.0 Å². The minimum Gasteiger partial charge on any atom is -0.492 e. The average molecular weight is 551 g/mol. The number of benzene rings is 1. The zero-order valence-electron chi connectivity index (χ0n) is 22.6. The van der Waals surface area contributed by atoms with Crippen molar-refractivity contribution in [3.05, 3.63) is 59.1 Å². The van der Waals surface area contributed by atoms with Crippen LogP contribution in [0, 0.1) is 6.92 Å². The van der Waals surface area contributed by atoms with Crippen molar-refractivity contribution in [2.45, 2.75) is 32.9 Å². The SMILES string of the molecule is Cc1ccnc(Cn2c(-c3ccc(OCCN4CCNCC4)cc3Cl)nc3c(NCC(C)(C)O)ncnc32)c1. The summed E-state index contributed by atoms with van der Waals surface area (Å²) in [5.74, 6) is 1.91.